The Labute approximate surface area is 124 Å². The van der Waals surface area contributed by atoms with Crippen LogP contribution in [0.4, 0.5) is 15.8 Å². The molecule has 0 saturated heterocycles. The largest absolute Gasteiger partial charge is 0.491 e. The molecule has 0 radical (unpaired) electrons. The van der Waals surface area contributed by atoms with Gasteiger partial charge in [-0.1, -0.05) is 25.1 Å². The average molecular weight is 288 g/mol. The molecule has 3 N–H and O–H groups in total. The molecular formula is C17H21FN2O. The van der Waals surface area contributed by atoms with E-state index in [-0.39, 0.29) is 5.82 Å². The molecular weight excluding hydrogens is 267 g/mol. The highest BCUT2D eigenvalue weighted by Gasteiger charge is 2.05. The molecule has 0 aliphatic heterocycles. The number of nitrogens with two attached hydrogens (primary N) is 1. The Hall–Kier alpha value is -2.23. The van der Waals surface area contributed by atoms with Crippen LogP contribution in [0.1, 0.15) is 18.9 Å². The van der Waals surface area contributed by atoms with Crippen molar-refractivity contribution in [1.82, 2.24) is 0 Å². The summed E-state index contributed by atoms with van der Waals surface area (Å²) in [5.74, 6) is 0.495. The third kappa shape index (κ3) is 4.38. The van der Waals surface area contributed by atoms with Crippen LogP contribution in [0.15, 0.2) is 42.5 Å². The first kappa shape index (κ1) is 15.2. The summed E-state index contributed by atoms with van der Waals surface area (Å²) in [7, 11) is 0. The van der Waals surface area contributed by atoms with E-state index in [1.54, 1.807) is 12.1 Å². The standard InChI is InChI=1S/C17H21FN2O/c1-2-11-21-16-8-4-7-15(17(16)19)20-10-9-13-5-3-6-14(18)12-13/h3-8,12,20H,2,9-11,19H2,1H3. The van der Waals surface area contributed by atoms with E-state index < -0.39 is 0 Å². The SMILES string of the molecule is CCCOc1cccc(NCCc2cccc(F)c2)c1N. The van der Waals surface area contributed by atoms with Crippen LogP contribution in [0, 0.1) is 5.82 Å². The smallest absolute Gasteiger partial charge is 0.144 e. The van der Waals surface area contributed by atoms with Gasteiger partial charge in [-0.15, -0.1) is 0 Å². The summed E-state index contributed by atoms with van der Waals surface area (Å²) in [5.41, 5.74) is 8.50. The van der Waals surface area contributed by atoms with E-state index in [0.717, 1.165) is 24.1 Å². The van der Waals surface area contributed by atoms with Gasteiger partial charge in [0.25, 0.3) is 0 Å². The quantitative estimate of drug-likeness (QED) is 0.761. The van der Waals surface area contributed by atoms with Gasteiger partial charge in [0.1, 0.15) is 11.6 Å². The number of benzene rings is 2. The fraction of sp³-hybridized carbons (Fsp3) is 0.294. The molecule has 0 spiro atoms. The lowest BCUT2D eigenvalue weighted by atomic mass is 10.1. The van der Waals surface area contributed by atoms with Crippen LogP contribution in [0.3, 0.4) is 0 Å². The van der Waals surface area contributed by atoms with Crippen LogP contribution in [0.2, 0.25) is 0 Å². The topological polar surface area (TPSA) is 47.3 Å². The Bertz CT molecular complexity index is 587. The van der Waals surface area contributed by atoms with E-state index in [9.17, 15) is 4.39 Å². The molecule has 2 aromatic rings. The molecule has 0 saturated carbocycles. The molecule has 0 atom stereocenters. The van der Waals surface area contributed by atoms with Crippen molar-refractivity contribution < 1.29 is 9.13 Å². The Morgan fingerprint density at radius 3 is 2.76 bits per heavy atom. The van der Waals surface area contributed by atoms with Crippen molar-refractivity contribution in [2.75, 3.05) is 24.2 Å². The zero-order valence-electron chi connectivity index (χ0n) is 12.2. The van der Waals surface area contributed by atoms with Crippen LogP contribution in [-0.2, 0) is 6.42 Å². The number of hydrogen-bond donors (Lipinski definition) is 2. The molecule has 0 aliphatic rings. The minimum absolute atomic E-state index is 0.207. The van der Waals surface area contributed by atoms with Crippen molar-refractivity contribution in [2.45, 2.75) is 19.8 Å². The molecule has 2 rings (SSSR count). The summed E-state index contributed by atoms with van der Waals surface area (Å²) >= 11 is 0. The number of halogens is 1. The molecule has 2 aromatic carbocycles. The zero-order valence-corrected chi connectivity index (χ0v) is 12.2. The first-order chi connectivity index (χ1) is 10.2. The van der Waals surface area contributed by atoms with Crippen molar-refractivity contribution in [3.05, 3.63) is 53.8 Å². The van der Waals surface area contributed by atoms with Gasteiger partial charge < -0.3 is 15.8 Å². The van der Waals surface area contributed by atoms with Gasteiger partial charge in [-0.3, -0.25) is 0 Å². The molecule has 0 aliphatic carbocycles. The van der Waals surface area contributed by atoms with Crippen molar-refractivity contribution in [2.24, 2.45) is 0 Å². The molecule has 0 heterocycles. The summed E-state index contributed by atoms with van der Waals surface area (Å²) in [6.07, 6.45) is 1.67. The van der Waals surface area contributed by atoms with E-state index in [1.807, 2.05) is 24.3 Å². The highest BCUT2D eigenvalue weighted by Crippen LogP contribution is 2.29. The van der Waals surface area contributed by atoms with Crippen LogP contribution in [0.5, 0.6) is 5.75 Å². The predicted octanol–water partition coefficient (Wildman–Crippen LogP) is 3.85. The first-order valence-corrected chi connectivity index (χ1v) is 7.20. The van der Waals surface area contributed by atoms with E-state index >= 15 is 0 Å². The molecule has 0 amide bonds. The van der Waals surface area contributed by atoms with E-state index in [2.05, 4.69) is 12.2 Å². The van der Waals surface area contributed by atoms with Crippen molar-refractivity contribution in [3.63, 3.8) is 0 Å². The highest BCUT2D eigenvalue weighted by molar-refractivity contribution is 5.72. The number of hydrogen-bond acceptors (Lipinski definition) is 3. The summed E-state index contributed by atoms with van der Waals surface area (Å²) in [5, 5.41) is 3.27. The lowest BCUT2D eigenvalue weighted by molar-refractivity contribution is 0.319. The van der Waals surface area contributed by atoms with Crippen LogP contribution in [-0.4, -0.2) is 13.2 Å². The second kappa shape index (κ2) is 7.53. The third-order valence-electron chi connectivity index (χ3n) is 3.15. The number of ether oxygens (including phenoxy) is 1. The first-order valence-electron chi connectivity index (χ1n) is 7.20. The summed E-state index contributed by atoms with van der Waals surface area (Å²) in [6.45, 7) is 3.39. The van der Waals surface area contributed by atoms with E-state index in [0.29, 0.717) is 24.6 Å². The number of rotatable bonds is 7. The molecule has 0 bridgehead atoms. The molecule has 21 heavy (non-hydrogen) atoms. The fourth-order valence-electron chi connectivity index (χ4n) is 2.07. The summed E-state index contributed by atoms with van der Waals surface area (Å²) in [6, 6.07) is 12.3. The molecule has 4 heteroatoms. The normalized spacial score (nSPS) is 10.4. The summed E-state index contributed by atoms with van der Waals surface area (Å²) < 4.78 is 18.7. The van der Waals surface area contributed by atoms with Gasteiger partial charge in [0.2, 0.25) is 0 Å². The number of para-hydroxylation sites is 1. The number of anilines is 2. The van der Waals surface area contributed by atoms with Crippen molar-refractivity contribution in [3.8, 4) is 5.75 Å². The van der Waals surface area contributed by atoms with Gasteiger partial charge in [0, 0.05) is 6.54 Å². The van der Waals surface area contributed by atoms with Crippen molar-refractivity contribution in [1.29, 1.82) is 0 Å². The molecule has 112 valence electrons. The van der Waals surface area contributed by atoms with Crippen LogP contribution >= 0.6 is 0 Å². The number of nitrogen functional groups attached to an aromatic ring is 1. The minimum Gasteiger partial charge on any atom is -0.491 e. The fourth-order valence-corrected chi connectivity index (χ4v) is 2.07. The monoisotopic (exact) mass is 288 g/mol. The van der Waals surface area contributed by atoms with Gasteiger partial charge in [-0.25, -0.2) is 4.39 Å². The molecule has 0 fully saturated rings. The maximum Gasteiger partial charge on any atom is 0.144 e. The lowest BCUT2D eigenvalue weighted by Crippen LogP contribution is -2.08. The summed E-state index contributed by atoms with van der Waals surface area (Å²) in [4.78, 5) is 0. The average Bonchev–Trinajstić information content (AvgIpc) is 2.48. The maximum atomic E-state index is 13.1. The second-order valence-electron chi connectivity index (χ2n) is 4.87. The molecule has 0 unspecified atom stereocenters. The lowest BCUT2D eigenvalue weighted by Gasteiger charge is -2.13. The van der Waals surface area contributed by atoms with Gasteiger partial charge in [-0.05, 0) is 42.7 Å². The Kier molecular flexibility index (Phi) is 5.43. The number of nitrogens with one attached hydrogen (secondary N) is 1. The zero-order chi connectivity index (χ0) is 15.1. The third-order valence-corrected chi connectivity index (χ3v) is 3.15. The highest BCUT2D eigenvalue weighted by atomic mass is 19.1. The predicted molar refractivity (Wildman–Crippen MR) is 85.2 cm³/mol. The van der Waals surface area contributed by atoms with Crippen LogP contribution in [0.25, 0.3) is 0 Å². The van der Waals surface area contributed by atoms with Crippen LogP contribution < -0.4 is 15.8 Å². The second-order valence-corrected chi connectivity index (χ2v) is 4.87. The Balaban J connectivity index is 1.94. The van der Waals surface area contributed by atoms with Gasteiger partial charge >= 0.3 is 0 Å². The Morgan fingerprint density at radius 1 is 1.19 bits per heavy atom. The van der Waals surface area contributed by atoms with Gasteiger partial charge in [0.05, 0.1) is 18.0 Å². The molecule has 3 nitrogen and oxygen atoms in total. The maximum absolute atomic E-state index is 13.1. The van der Waals surface area contributed by atoms with Gasteiger partial charge in [0.15, 0.2) is 0 Å². The minimum atomic E-state index is -0.207. The van der Waals surface area contributed by atoms with Crippen molar-refractivity contribution >= 4 is 11.4 Å². The van der Waals surface area contributed by atoms with Gasteiger partial charge in [-0.2, -0.15) is 0 Å². The Morgan fingerprint density at radius 2 is 2.00 bits per heavy atom. The van der Waals surface area contributed by atoms with E-state index in [4.69, 9.17) is 10.5 Å². The van der Waals surface area contributed by atoms with E-state index in [1.165, 1.54) is 6.07 Å². The molecule has 0 aromatic heterocycles.